The van der Waals surface area contributed by atoms with E-state index in [2.05, 4.69) is 5.32 Å². The lowest BCUT2D eigenvalue weighted by Crippen LogP contribution is -2.41. The van der Waals surface area contributed by atoms with Crippen LogP contribution in [0.2, 0.25) is 5.02 Å². The van der Waals surface area contributed by atoms with Crippen LogP contribution in [0.25, 0.3) is 0 Å². The Morgan fingerprint density at radius 2 is 2.15 bits per heavy atom. The van der Waals surface area contributed by atoms with E-state index in [1.807, 2.05) is 17.9 Å². The van der Waals surface area contributed by atoms with E-state index in [1.54, 1.807) is 19.2 Å². The highest BCUT2D eigenvalue weighted by atomic mass is 35.5. The van der Waals surface area contributed by atoms with Gasteiger partial charge in [-0.15, -0.1) is 0 Å². The molecule has 2 rings (SSSR count). The van der Waals surface area contributed by atoms with Gasteiger partial charge in [-0.2, -0.15) is 0 Å². The van der Waals surface area contributed by atoms with Crippen LogP contribution in [0.5, 0.6) is 0 Å². The number of nitrogens with one attached hydrogen (secondary N) is 1. The first-order chi connectivity index (χ1) is 9.65. The number of nitrogens with zero attached hydrogens (tertiary/aromatic N) is 1. The smallest absolute Gasteiger partial charge is 0.256 e. The van der Waals surface area contributed by atoms with Crippen molar-refractivity contribution in [2.24, 2.45) is 0 Å². The number of hydrogen-bond acceptors (Lipinski definition) is 3. The van der Waals surface area contributed by atoms with Crippen molar-refractivity contribution in [3.8, 4) is 0 Å². The van der Waals surface area contributed by atoms with Gasteiger partial charge in [-0.1, -0.05) is 11.6 Å². The van der Waals surface area contributed by atoms with Crippen LogP contribution in [0, 0.1) is 0 Å². The summed E-state index contributed by atoms with van der Waals surface area (Å²) in [6, 6.07) is 5.35. The summed E-state index contributed by atoms with van der Waals surface area (Å²) >= 11 is 6.00. The second-order valence-corrected chi connectivity index (χ2v) is 5.32. The third kappa shape index (κ3) is 3.44. The van der Waals surface area contributed by atoms with Gasteiger partial charge in [0, 0.05) is 37.5 Å². The zero-order chi connectivity index (χ0) is 14.5. The standard InChI is InChI=1S/C15H21ClN2O2/c1-3-20-12-6-8-18(9-7-12)15(19)13-10-11(16)4-5-14(13)17-2/h4-5,10,12,17H,3,6-9H2,1-2H3. The first kappa shape index (κ1) is 15.1. The predicted octanol–water partition coefficient (Wildman–Crippen LogP) is 3.02. The molecule has 1 N–H and O–H groups in total. The highest BCUT2D eigenvalue weighted by Crippen LogP contribution is 2.24. The highest BCUT2D eigenvalue weighted by molar-refractivity contribution is 6.31. The minimum atomic E-state index is 0.0341. The van der Waals surface area contributed by atoms with Crippen LogP contribution in [-0.4, -0.2) is 43.7 Å². The molecule has 1 aliphatic heterocycles. The maximum atomic E-state index is 12.6. The molecule has 1 fully saturated rings. The molecule has 1 heterocycles. The summed E-state index contributed by atoms with van der Waals surface area (Å²) in [5.74, 6) is 0.0341. The zero-order valence-electron chi connectivity index (χ0n) is 12.0. The Bertz CT molecular complexity index is 471. The van der Waals surface area contributed by atoms with E-state index in [-0.39, 0.29) is 12.0 Å². The van der Waals surface area contributed by atoms with E-state index in [4.69, 9.17) is 16.3 Å². The average Bonchev–Trinajstić information content (AvgIpc) is 2.47. The number of rotatable bonds is 4. The van der Waals surface area contributed by atoms with Crippen molar-refractivity contribution in [2.75, 3.05) is 32.1 Å². The molecule has 4 nitrogen and oxygen atoms in total. The second kappa shape index (κ2) is 6.95. The largest absolute Gasteiger partial charge is 0.387 e. The molecular weight excluding hydrogens is 276 g/mol. The van der Waals surface area contributed by atoms with Gasteiger partial charge in [0.1, 0.15) is 0 Å². The van der Waals surface area contributed by atoms with E-state index in [9.17, 15) is 4.79 Å². The van der Waals surface area contributed by atoms with Gasteiger partial charge >= 0.3 is 0 Å². The van der Waals surface area contributed by atoms with Crippen molar-refractivity contribution < 1.29 is 9.53 Å². The summed E-state index contributed by atoms with van der Waals surface area (Å²) in [6.45, 7) is 4.21. The van der Waals surface area contributed by atoms with Crippen LogP contribution in [0.1, 0.15) is 30.1 Å². The molecule has 1 aromatic carbocycles. The van der Waals surface area contributed by atoms with Crippen molar-refractivity contribution in [3.05, 3.63) is 28.8 Å². The van der Waals surface area contributed by atoms with Crippen LogP contribution in [0.15, 0.2) is 18.2 Å². The van der Waals surface area contributed by atoms with Gasteiger partial charge in [0.15, 0.2) is 0 Å². The predicted molar refractivity (Wildman–Crippen MR) is 81.6 cm³/mol. The lowest BCUT2D eigenvalue weighted by atomic mass is 10.1. The lowest BCUT2D eigenvalue weighted by Gasteiger charge is -2.32. The topological polar surface area (TPSA) is 41.6 Å². The Morgan fingerprint density at radius 3 is 2.75 bits per heavy atom. The molecule has 0 aliphatic carbocycles. The molecule has 0 saturated carbocycles. The average molecular weight is 297 g/mol. The fourth-order valence-electron chi connectivity index (χ4n) is 2.54. The third-order valence-corrected chi connectivity index (χ3v) is 3.85. The Balaban J connectivity index is 2.07. The van der Waals surface area contributed by atoms with Crippen molar-refractivity contribution in [3.63, 3.8) is 0 Å². The van der Waals surface area contributed by atoms with Crippen LogP contribution in [-0.2, 0) is 4.74 Å². The molecule has 0 aromatic heterocycles. The van der Waals surface area contributed by atoms with Gasteiger partial charge in [0.05, 0.1) is 11.7 Å². The SMILES string of the molecule is CCOC1CCN(C(=O)c2cc(Cl)ccc2NC)CC1. The number of ether oxygens (including phenoxy) is 1. The maximum absolute atomic E-state index is 12.6. The molecule has 0 unspecified atom stereocenters. The van der Waals surface area contributed by atoms with Crippen LogP contribution < -0.4 is 5.32 Å². The summed E-state index contributed by atoms with van der Waals surface area (Å²) in [7, 11) is 1.81. The molecule has 0 radical (unpaired) electrons. The van der Waals surface area contributed by atoms with Crippen molar-refractivity contribution in [1.82, 2.24) is 4.90 Å². The molecule has 0 atom stereocenters. The van der Waals surface area contributed by atoms with Crippen molar-refractivity contribution >= 4 is 23.2 Å². The molecule has 1 aliphatic rings. The van der Waals surface area contributed by atoms with E-state index >= 15 is 0 Å². The second-order valence-electron chi connectivity index (χ2n) is 4.89. The highest BCUT2D eigenvalue weighted by Gasteiger charge is 2.25. The Kier molecular flexibility index (Phi) is 5.26. The van der Waals surface area contributed by atoms with Gasteiger partial charge in [-0.3, -0.25) is 4.79 Å². The zero-order valence-corrected chi connectivity index (χ0v) is 12.7. The number of likely N-dealkylation sites (tertiary alicyclic amines) is 1. The molecule has 1 aromatic rings. The summed E-state index contributed by atoms with van der Waals surface area (Å²) < 4.78 is 5.61. The first-order valence-corrected chi connectivity index (χ1v) is 7.41. The van der Waals surface area contributed by atoms with E-state index in [1.165, 1.54) is 0 Å². The lowest BCUT2D eigenvalue weighted by molar-refractivity contribution is 0.0146. The molecule has 0 spiro atoms. The number of hydrogen-bond donors (Lipinski definition) is 1. The molecule has 110 valence electrons. The third-order valence-electron chi connectivity index (χ3n) is 3.61. The number of anilines is 1. The molecule has 0 bridgehead atoms. The summed E-state index contributed by atoms with van der Waals surface area (Å²) in [5, 5.41) is 3.62. The number of piperidine rings is 1. The van der Waals surface area contributed by atoms with Gasteiger partial charge in [0.2, 0.25) is 0 Å². The summed E-state index contributed by atoms with van der Waals surface area (Å²) in [4.78, 5) is 14.5. The van der Waals surface area contributed by atoms with E-state index < -0.39 is 0 Å². The summed E-state index contributed by atoms with van der Waals surface area (Å²) in [5.41, 5.74) is 1.45. The van der Waals surface area contributed by atoms with E-state index in [0.29, 0.717) is 10.6 Å². The van der Waals surface area contributed by atoms with E-state index in [0.717, 1.165) is 38.2 Å². The quantitative estimate of drug-likeness (QED) is 0.928. The number of benzene rings is 1. The van der Waals surface area contributed by atoms with Crippen molar-refractivity contribution in [1.29, 1.82) is 0 Å². The van der Waals surface area contributed by atoms with Crippen LogP contribution in [0.3, 0.4) is 0 Å². The van der Waals surface area contributed by atoms with Gasteiger partial charge in [-0.25, -0.2) is 0 Å². The first-order valence-electron chi connectivity index (χ1n) is 7.04. The fraction of sp³-hybridized carbons (Fsp3) is 0.533. The fourth-order valence-corrected chi connectivity index (χ4v) is 2.72. The van der Waals surface area contributed by atoms with Gasteiger partial charge in [-0.05, 0) is 38.0 Å². The number of carbonyl (C=O) groups excluding carboxylic acids is 1. The maximum Gasteiger partial charge on any atom is 0.256 e. The monoisotopic (exact) mass is 296 g/mol. The minimum Gasteiger partial charge on any atom is -0.387 e. The Morgan fingerprint density at radius 1 is 1.45 bits per heavy atom. The molecule has 20 heavy (non-hydrogen) atoms. The molecular formula is C15H21ClN2O2. The van der Waals surface area contributed by atoms with Gasteiger partial charge < -0.3 is 15.0 Å². The summed E-state index contributed by atoms with van der Waals surface area (Å²) in [6.07, 6.45) is 2.08. The molecule has 1 amide bonds. The molecule has 1 saturated heterocycles. The van der Waals surface area contributed by atoms with Crippen LogP contribution >= 0.6 is 11.6 Å². The Hall–Kier alpha value is -1.26. The van der Waals surface area contributed by atoms with Gasteiger partial charge in [0.25, 0.3) is 5.91 Å². The number of carbonyl (C=O) groups is 1. The van der Waals surface area contributed by atoms with Crippen molar-refractivity contribution in [2.45, 2.75) is 25.9 Å². The molecule has 5 heteroatoms. The normalized spacial score (nSPS) is 16.2. The number of halogens is 1. The Labute approximate surface area is 125 Å². The number of amides is 1. The minimum absolute atomic E-state index is 0.0341. The van der Waals surface area contributed by atoms with Crippen LogP contribution in [0.4, 0.5) is 5.69 Å².